The minimum absolute atomic E-state index is 0.0261. The number of nitrogens with two attached hydrogens (primary N) is 1. The summed E-state index contributed by atoms with van der Waals surface area (Å²) in [4.78, 5) is 22.5. The SMILES string of the molecule is Cc1cc(N)nc(-c2nc3c4c(nc(OCC56CCCN5CCC6)nc4c2F)N2CCNCC2CCC3)c1C(F)(F)F. The molecule has 0 spiro atoms. The third-order valence-electron chi connectivity index (χ3n) is 9.42. The van der Waals surface area contributed by atoms with E-state index in [1.54, 1.807) is 0 Å². The Kier molecular flexibility index (Phi) is 6.65. The summed E-state index contributed by atoms with van der Waals surface area (Å²) in [7, 11) is 0. The number of ether oxygens (including phenoxy) is 1. The van der Waals surface area contributed by atoms with Gasteiger partial charge in [-0.15, -0.1) is 0 Å². The number of halogens is 4. The first-order chi connectivity index (χ1) is 20.1. The minimum Gasteiger partial charge on any atom is -0.461 e. The molecule has 9 nitrogen and oxygen atoms in total. The molecule has 3 aromatic heterocycles. The van der Waals surface area contributed by atoms with E-state index in [9.17, 15) is 13.2 Å². The Labute approximate surface area is 240 Å². The van der Waals surface area contributed by atoms with E-state index >= 15 is 4.39 Å². The van der Waals surface area contributed by atoms with Crippen LogP contribution in [-0.4, -0.2) is 75.7 Å². The molecule has 7 rings (SSSR count). The Balaban J connectivity index is 1.43. The van der Waals surface area contributed by atoms with Crippen molar-refractivity contribution in [1.82, 2.24) is 30.2 Å². The number of aromatic nitrogens is 4. The molecule has 4 aliphatic rings. The van der Waals surface area contributed by atoms with Gasteiger partial charge in [-0.05, 0) is 76.6 Å². The lowest BCUT2D eigenvalue weighted by atomic mass is 9.95. The molecule has 7 heterocycles. The normalized spacial score (nSPS) is 22.1. The van der Waals surface area contributed by atoms with Crippen molar-refractivity contribution in [2.75, 3.05) is 50.0 Å². The van der Waals surface area contributed by atoms with E-state index in [1.807, 2.05) is 0 Å². The summed E-state index contributed by atoms with van der Waals surface area (Å²) in [6, 6.07) is 1.29. The van der Waals surface area contributed by atoms with Crippen LogP contribution in [0.4, 0.5) is 29.2 Å². The molecule has 0 bridgehead atoms. The number of aryl methyl sites for hydroxylation is 2. The van der Waals surface area contributed by atoms with Gasteiger partial charge >= 0.3 is 12.2 Å². The van der Waals surface area contributed by atoms with Gasteiger partial charge in [-0.3, -0.25) is 4.90 Å². The molecule has 1 atom stereocenters. The van der Waals surface area contributed by atoms with Crippen LogP contribution in [0.5, 0.6) is 6.01 Å². The van der Waals surface area contributed by atoms with Crippen molar-refractivity contribution in [3.8, 4) is 17.4 Å². The molecule has 3 saturated heterocycles. The Morgan fingerprint density at radius 1 is 1.07 bits per heavy atom. The highest BCUT2D eigenvalue weighted by molar-refractivity contribution is 5.95. The lowest BCUT2D eigenvalue weighted by molar-refractivity contribution is -0.137. The quantitative estimate of drug-likeness (QED) is 0.434. The molecule has 0 aromatic carbocycles. The number of rotatable bonds is 4. The van der Waals surface area contributed by atoms with E-state index in [4.69, 9.17) is 15.5 Å². The number of pyridine rings is 2. The van der Waals surface area contributed by atoms with Gasteiger partial charge in [-0.1, -0.05) is 0 Å². The van der Waals surface area contributed by atoms with Crippen molar-refractivity contribution >= 4 is 22.5 Å². The maximum Gasteiger partial charge on any atom is 0.418 e. The zero-order valence-corrected chi connectivity index (χ0v) is 23.5. The molecule has 4 aliphatic heterocycles. The van der Waals surface area contributed by atoms with Crippen LogP contribution in [-0.2, 0) is 12.6 Å². The lowest BCUT2D eigenvalue weighted by Gasteiger charge is -2.39. The number of anilines is 2. The van der Waals surface area contributed by atoms with Gasteiger partial charge < -0.3 is 20.7 Å². The number of hydrogen-bond donors (Lipinski definition) is 2. The number of nitrogen functional groups attached to an aromatic ring is 1. The van der Waals surface area contributed by atoms with E-state index in [0.717, 1.165) is 70.8 Å². The molecule has 0 aliphatic carbocycles. The van der Waals surface area contributed by atoms with Gasteiger partial charge in [0.1, 0.15) is 35.1 Å². The second-order valence-corrected chi connectivity index (χ2v) is 12.0. The van der Waals surface area contributed by atoms with E-state index in [-0.39, 0.29) is 34.5 Å². The third-order valence-corrected chi connectivity index (χ3v) is 9.42. The van der Waals surface area contributed by atoms with E-state index in [0.29, 0.717) is 36.5 Å². The predicted octanol–water partition coefficient (Wildman–Crippen LogP) is 4.26. The topological polar surface area (TPSA) is 105 Å². The van der Waals surface area contributed by atoms with Crippen molar-refractivity contribution in [2.24, 2.45) is 0 Å². The van der Waals surface area contributed by atoms with Crippen LogP contribution in [0.3, 0.4) is 0 Å². The molecule has 0 saturated carbocycles. The van der Waals surface area contributed by atoms with Gasteiger partial charge in [0.2, 0.25) is 0 Å². The molecule has 3 N–H and O–H groups in total. The van der Waals surface area contributed by atoms with Gasteiger partial charge in [0.05, 0.1) is 22.2 Å². The summed E-state index contributed by atoms with van der Waals surface area (Å²) >= 11 is 0. The second kappa shape index (κ2) is 10.1. The first-order valence-corrected chi connectivity index (χ1v) is 14.7. The first-order valence-electron chi connectivity index (χ1n) is 14.7. The molecule has 3 fully saturated rings. The molecular formula is C29H34F4N8O. The van der Waals surface area contributed by atoms with Gasteiger partial charge in [0.25, 0.3) is 0 Å². The lowest BCUT2D eigenvalue weighted by Crippen LogP contribution is -2.52. The summed E-state index contributed by atoms with van der Waals surface area (Å²) in [5.74, 6) is -0.611. The summed E-state index contributed by atoms with van der Waals surface area (Å²) in [6.07, 6.45) is 1.41. The van der Waals surface area contributed by atoms with Crippen LogP contribution in [0.25, 0.3) is 22.3 Å². The average Bonchev–Trinajstić information content (AvgIpc) is 3.51. The molecule has 0 radical (unpaired) electrons. The first kappa shape index (κ1) is 27.5. The van der Waals surface area contributed by atoms with Crippen molar-refractivity contribution < 1.29 is 22.3 Å². The van der Waals surface area contributed by atoms with Crippen molar-refractivity contribution in [2.45, 2.75) is 69.6 Å². The zero-order valence-electron chi connectivity index (χ0n) is 23.5. The summed E-state index contributed by atoms with van der Waals surface area (Å²) in [5.41, 5.74) is 3.78. The molecule has 0 amide bonds. The fourth-order valence-electron chi connectivity index (χ4n) is 7.51. The average molecular weight is 587 g/mol. The second-order valence-electron chi connectivity index (χ2n) is 12.0. The molecule has 3 aromatic rings. The number of alkyl halides is 3. The van der Waals surface area contributed by atoms with Crippen LogP contribution >= 0.6 is 0 Å². The van der Waals surface area contributed by atoms with Gasteiger partial charge in [0, 0.05) is 25.7 Å². The maximum atomic E-state index is 16.6. The molecule has 224 valence electrons. The molecule has 42 heavy (non-hydrogen) atoms. The standard InChI is InChI=1S/C29H34F4N8O/c1-16-13-19(34)37-24(21(16)29(31,32)33)25-22(30)23-20-18(36-25)6-2-5-17-14-35-9-12-41(17)26(20)39-27(38-23)42-15-28-7-3-10-40(28)11-4-8-28/h13,17,35H,2-12,14-15H2,1H3,(H2,34,37). The maximum absolute atomic E-state index is 16.6. The molecule has 1 unspecified atom stereocenters. The van der Waals surface area contributed by atoms with Crippen LogP contribution in [0.2, 0.25) is 0 Å². The number of hydrogen-bond acceptors (Lipinski definition) is 9. The van der Waals surface area contributed by atoms with Crippen LogP contribution in [0.1, 0.15) is 55.3 Å². The Morgan fingerprint density at radius 3 is 2.62 bits per heavy atom. The van der Waals surface area contributed by atoms with Crippen molar-refractivity contribution in [3.63, 3.8) is 0 Å². The minimum atomic E-state index is -4.79. The fraction of sp³-hybridized carbons (Fsp3) is 0.586. The number of nitrogens with zero attached hydrogens (tertiary/aromatic N) is 6. The smallest absolute Gasteiger partial charge is 0.418 e. The highest BCUT2D eigenvalue weighted by Crippen LogP contribution is 2.43. The van der Waals surface area contributed by atoms with E-state index < -0.39 is 28.9 Å². The van der Waals surface area contributed by atoms with Crippen LogP contribution < -0.4 is 20.7 Å². The van der Waals surface area contributed by atoms with E-state index in [1.165, 1.54) is 6.92 Å². The van der Waals surface area contributed by atoms with Gasteiger partial charge in [0.15, 0.2) is 5.82 Å². The van der Waals surface area contributed by atoms with Crippen LogP contribution in [0.15, 0.2) is 6.07 Å². The Hall–Kier alpha value is -3.32. The summed E-state index contributed by atoms with van der Waals surface area (Å²) in [5, 5.41) is 3.85. The van der Waals surface area contributed by atoms with Crippen molar-refractivity contribution in [3.05, 3.63) is 28.7 Å². The third kappa shape index (κ3) is 4.52. The Bertz CT molecular complexity index is 1540. The summed E-state index contributed by atoms with van der Waals surface area (Å²) < 4.78 is 65.7. The molecular weight excluding hydrogens is 552 g/mol. The van der Waals surface area contributed by atoms with Crippen LogP contribution in [0, 0.1) is 12.7 Å². The number of piperazine rings is 1. The van der Waals surface area contributed by atoms with Crippen molar-refractivity contribution in [1.29, 1.82) is 0 Å². The van der Waals surface area contributed by atoms with Gasteiger partial charge in [-0.25, -0.2) is 14.4 Å². The largest absolute Gasteiger partial charge is 0.461 e. The highest BCUT2D eigenvalue weighted by Gasteiger charge is 2.45. The summed E-state index contributed by atoms with van der Waals surface area (Å²) in [6.45, 7) is 5.84. The highest BCUT2D eigenvalue weighted by atomic mass is 19.4. The number of nitrogens with one attached hydrogen (secondary N) is 1. The molecule has 13 heteroatoms. The van der Waals surface area contributed by atoms with E-state index in [2.05, 4.69) is 30.1 Å². The monoisotopic (exact) mass is 586 g/mol. The Morgan fingerprint density at radius 2 is 1.86 bits per heavy atom. The number of fused-ring (bicyclic) bond motifs is 3. The van der Waals surface area contributed by atoms with Gasteiger partial charge in [-0.2, -0.15) is 23.1 Å². The zero-order chi connectivity index (χ0) is 29.2. The predicted molar refractivity (Wildman–Crippen MR) is 150 cm³/mol. The fourth-order valence-corrected chi connectivity index (χ4v) is 7.51.